The molecule has 0 radical (unpaired) electrons. The fraction of sp³-hybridized carbons (Fsp3) is 0.632. The number of nitrogens with zero attached hydrogens (tertiary/aromatic N) is 2. The van der Waals surface area contributed by atoms with E-state index < -0.39 is 32.6 Å². The highest BCUT2D eigenvalue weighted by Gasteiger charge is 2.36. The fourth-order valence-electron chi connectivity index (χ4n) is 2.96. The number of nitro groups is 2. The zero-order valence-electron chi connectivity index (χ0n) is 16.6. The van der Waals surface area contributed by atoms with E-state index in [1.54, 1.807) is 20.8 Å². The maximum atomic E-state index is 12.4. The zero-order valence-corrected chi connectivity index (χ0v) is 16.6. The highest BCUT2D eigenvalue weighted by Crippen LogP contribution is 2.39. The van der Waals surface area contributed by atoms with Crippen LogP contribution in [0.2, 0.25) is 0 Å². The van der Waals surface area contributed by atoms with Gasteiger partial charge in [0.1, 0.15) is 5.56 Å². The Kier molecular flexibility index (Phi) is 7.87. The predicted octanol–water partition coefficient (Wildman–Crippen LogP) is 5.17. The van der Waals surface area contributed by atoms with E-state index >= 15 is 0 Å². The number of ether oxygens (including phenoxy) is 1. The summed E-state index contributed by atoms with van der Waals surface area (Å²) in [5.74, 6) is -0.579. The molecular formula is C19H28N2O6. The summed E-state index contributed by atoms with van der Waals surface area (Å²) < 4.78 is 5.29. The molecule has 0 amide bonds. The van der Waals surface area contributed by atoms with Crippen LogP contribution in [-0.2, 0) is 10.2 Å². The third kappa shape index (κ3) is 6.01. The Morgan fingerprint density at radius 3 is 2.00 bits per heavy atom. The summed E-state index contributed by atoms with van der Waals surface area (Å²) in [6.45, 7) is 9.23. The number of carbonyl (C=O) groups excluding carboxylic acids is 1. The number of hydrogen-bond acceptors (Lipinski definition) is 6. The lowest BCUT2D eigenvalue weighted by molar-refractivity contribution is -0.396. The molecule has 1 atom stereocenters. The first kappa shape index (κ1) is 22.5. The van der Waals surface area contributed by atoms with Crippen molar-refractivity contribution in [3.05, 3.63) is 43.5 Å². The van der Waals surface area contributed by atoms with Gasteiger partial charge in [0.25, 0.3) is 11.4 Å². The van der Waals surface area contributed by atoms with Crippen LogP contribution in [0, 0.1) is 26.1 Å². The molecule has 1 aromatic carbocycles. The van der Waals surface area contributed by atoms with Crippen molar-refractivity contribution < 1.29 is 19.4 Å². The molecule has 1 rings (SSSR count). The lowest BCUT2D eigenvalue weighted by Crippen LogP contribution is -2.19. The third-order valence-corrected chi connectivity index (χ3v) is 4.47. The van der Waals surface area contributed by atoms with Gasteiger partial charge < -0.3 is 4.74 Å². The number of benzene rings is 1. The van der Waals surface area contributed by atoms with Gasteiger partial charge in [0, 0.05) is 17.5 Å². The second kappa shape index (κ2) is 9.43. The summed E-state index contributed by atoms with van der Waals surface area (Å²) in [7, 11) is 0. The minimum absolute atomic E-state index is 0.0107. The standard InChI is InChI=1S/C19H28N2O6/c1-6-8-9-13(7-2)12-27-18(22)14-10-15(20(23)24)17(19(3,4)5)16(11-14)21(25)26/h10-11,13H,6-9,12H2,1-5H3. The van der Waals surface area contributed by atoms with Crippen molar-refractivity contribution >= 4 is 17.3 Å². The molecule has 150 valence electrons. The Balaban J connectivity index is 3.23. The van der Waals surface area contributed by atoms with Gasteiger partial charge in [-0.1, -0.05) is 53.9 Å². The minimum atomic E-state index is -0.833. The van der Waals surface area contributed by atoms with E-state index in [1.165, 1.54) is 0 Å². The quantitative estimate of drug-likeness (QED) is 0.331. The van der Waals surface area contributed by atoms with Gasteiger partial charge in [-0.3, -0.25) is 20.2 Å². The number of esters is 1. The molecule has 0 aliphatic heterocycles. The molecule has 0 aromatic heterocycles. The van der Waals surface area contributed by atoms with Gasteiger partial charge >= 0.3 is 5.97 Å². The van der Waals surface area contributed by atoms with Gasteiger partial charge in [-0.25, -0.2) is 4.79 Å². The first-order valence-electron chi connectivity index (χ1n) is 9.17. The van der Waals surface area contributed by atoms with Crippen LogP contribution in [0.4, 0.5) is 11.4 Å². The second-order valence-electron chi connectivity index (χ2n) is 7.67. The Labute approximate surface area is 159 Å². The minimum Gasteiger partial charge on any atom is -0.462 e. The molecule has 0 bridgehead atoms. The van der Waals surface area contributed by atoms with Crippen LogP contribution in [0.25, 0.3) is 0 Å². The van der Waals surface area contributed by atoms with E-state index in [9.17, 15) is 25.0 Å². The molecule has 0 N–H and O–H groups in total. The molecule has 8 heteroatoms. The van der Waals surface area contributed by atoms with Crippen molar-refractivity contribution in [2.24, 2.45) is 5.92 Å². The molecule has 27 heavy (non-hydrogen) atoms. The van der Waals surface area contributed by atoms with E-state index in [0.717, 1.165) is 37.8 Å². The predicted molar refractivity (Wildman–Crippen MR) is 102 cm³/mol. The molecule has 0 aliphatic rings. The number of rotatable bonds is 9. The van der Waals surface area contributed by atoms with Crippen LogP contribution in [0.3, 0.4) is 0 Å². The molecule has 0 spiro atoms. The monoisotopic (exact) mass is 380 g/mol. The Morgan fingerprint density at radius 1 is 1.11 bits per heavy atom. The largest absolute Gasteiger partial charge is 0.462 e. The molecule has 8 nitrogen and oxygen atoms in total. The van der Waals surface area contributed by atoms with E-state index in [4.69, 9.17) is 4.74 Å². The van der Waals surface area contributed by atoms with Crippen LogP contribution < -0.4 is 0 Å². The molecule has 0 saturated heterocycles. The van der Waals surface area contributed by atoms with E-state index in [1.807, 2.05) is 6.92 Å². The smallest absolute Gasteiger partial charge is 0.338 e. The van der Waals surface area contributed by atoms with Crippen molar-refractivity contribution in [3.63, 3.8) is 0 Å². The Bertz CT molecular complexity index is 674. The summed E-state index contributed by atoms with van der Waals surface area (Å²) in [4.78, 5) is 34.0. The van der Waals surface area contributed by atoms with Crippen LogP contribution >= 0.6 is 0 Å². The molecule has 1 unspecified atom stereocenters. The first-order chi connectivity index (χ1) is 12.5. The maximum absolute atomic E-state index is 12.4. The Hall–Kier alpha value is -2.51. The fourth-order valence-corrected chi connectivity index (χ4v) is 2.96. The zero-order chi connectivity index (χ0) is 20.8. The molecule has 0 fully saturated rings. The van der Waals surface area contributed by atoms with Crippen molar-refractivity contribution in [3.8, 4) is 0 Å². The highest BCUT2D eigenvalue weighted by molar-refractivity contribution is 5.91. The summed E-state index contributed by atoms with van der Waals surface area (Å²) in [5.41, 5.74) is -1.90. The number of nitro benzene ring substituents is 2. The summed E-state index contributed by atoms with van der Waals surface area (Å²) in [6, 6.07) is 2.14. The van der Waals surface area contributed by atoms with E-state index in [-0.39, 0.29) is 23.7 Å². The molecule has 1 aromatic rings. The second-order valence-corrected chi connectivity index (χ2v) is 7.67. The average molecular weight is 380 g/mol. The van der Waals surface area contributed by atoms with Gasteiger partial charge in [-0.05, 0) is 12.3 Å². The van der Waals surface area contributed by atoms with E-state index in [2.05, 4.69) is 6.92 Å². The third-order valence-electron chi connectivity index (χ3n) is 4.47. The number of carbonyl (C=O) groups is 1. The summed E-state index contributed by atoms with van der Waals surface area (Å²) in [5, 5.41) is 23.0. The van der Waals surface area contributed by atoms with Crippen LogP contribution in [-0.4, -0.2) is 22.4 Å². The molecular weight excluding hydrogens is 352 g/mol. The van der Waals surface area contributed by atoms with Crippen molar-refractivity contribution in [2.75, 3.05) is 6.61 Å². The van der Waals surface area contributed by atoms with E-state index in [0.29, 0.717) is 0 Å². The summed E-state index contributed by atoms with van der Waals surface area (Å²) in [6.07, 6.45) is 3.82. The lowest BCUT2D eigenvalue weighted by Gasteiger charge is -2.19. The SMILES string of the molecule is CCCCC(CC)COC(=O)c1cc([N+](=O)[O-])c(C(C)(C)C)c([N+](=O)[O-])c1. The lowest BCUT2D eigenvalue weighted by atomic mass is 9.83. The van der Waals surface area contributed by atoms with Crippen molar-refractivity contribution in [1.82, 2.24) is 0 Å². The van der Waals surface area contributed by atoms with Crippen LogP contribution in [0.5, 0.6) is 0 Å². The van der Waals surface area contributed by atoms with Crippen molar-refractivity contribution in [1.29, 1.82) is 0 Å². The summed E-state index contributed by atoms with van der Waals surface area (Å²) >= 11 is 0. The topological polar surface area (TPSA) is 113 Å². The first-order valence-corrected chi connectivity index (χ1v) is 9.17. The average Bonchev–Trinajstić information content (AvgIpc) is 2.59. The molecule has 0 heterocycles. The van der Waals surface area contributed by atoms with Gasteiger partial charge in [-0.15, -0.1) is 0 Å². The van der Waals surface area contributed by atoms with Crippen LogP contribution in [0.1, 0.15) is 76.2 Å². The van der Waals surface area contributed by atoms with Crippen molar-refractivity contribution in [2.45, 2.75) is 65.7 Å². The molecule has 0 aliphatic carbocycles. The normalized spacial score (nSPS) is 12.5. The van der Waals surface area contributed by atoms with Gasteiger partial charge in [-0.2, -0.15) is 0 Å². The highest BCUT2D eigenvalue weighted by atomic mass is 16.6. The van der Waals surface area contributed by atoms with Crippen LogP contribution in [0.15, 0.2) is 12.1 Å². The number of hydrogen-bond donors (Lipinski definition) is 0. The van der Waals surface area contributed by atoms with Gasteiger partial charge in [0.05, 0.1) is 22.0 Å². The Morgan fingerprint density at radius 2 is 1.63 bits per heavy atom. The van der Waals surface area contributed by atoms with Gasteiger partial charge in [0.15, 0.2) is 0 Å². The molecule has 0 saturated carbocycles. The number of unbranched alkanes of at least 4 members (excludes halogenated alkanes) is 1. The van der Waals surface area contributed by atoms with Gasteiger partial charge in [0.2, 0.25) is 0 Å². The maximum Gasteiger partial charge on any atom is 0.338 e.